The van der Waals surface area contributed by atoms with Crippen LogP contribution in [0.2, 0.25) is 0 Å². The standard InChI is InChI=1S/C13H24N4.HI/c1-2-17-7-3-4-10(17)9-15-12(14)16-11-8-13(11)5-6-13;/h10-11H,2-9H2,1H3,(H3,14,15,16);1H. The third-order valence-corrected chi connectivity index (χ3v) is 4.78. The summed E-state index contributed by atoms with van der Waals surface area (Å²) in [5.41, 5.74) is 6.60. The summed E-state index contributed by atoms with van der Waals surface area (Å²) in [6, 6.07) is 1.26. The van der Waals surface area contributed by atoms with E-state index < -0.39 is 0 Å². The molecular weight excluding hydrogens is 339 g/mol. The highest BCUT2D eigenvalue weighted by molar-refractivity contribution is 14.0. The van der Waals surface area contributed by atoms with Crippen molar-refractivity contribution in [2.45, 2.75) is 51.1 Å². The Morgan fingerprint density at radius 3 is 2.89 bits per heavy atom. The minimum absolute atomic E-state index is 0. The Kier molecular flexibility index (Phi) is 4.41. The molecule has 2 atom stereocenters. The molecule has 1 aliphatic heterocycles. The van der Waals surface area contributed by atoms with Crippen molar-refractivity contribution < 1.29 is 0 Å². The molecule has 0 aromatic heterocycles. The van der Waals surface area contributed by atoms with Crippen molar-refractivity contribution in [3.8, 4) is 0 Å². The molecule has 5 heteroatoms. The fourth-order valence-electron chi connectivity index (χ4n) is 3.21. The second kappa shape index (κ2) is 5.53. The quantitative estimate of drug-likeness (QED) is 0.452. The van der Waals surface area contributed by atoms with Gasteiger partial charge in [0.15, 0.2) is 5.96 Å². The number of likely N-dealkylation sites (N-methyl/N-ethyl adjacent to an activating group) is 1. The molecule has 104 valence electrons. The second-order valence-electron chi connectivity index (χ2n) is 5.91. The summed E-state index contributed by atoms with van der Waals surface area (Å²) in [4.78, 5) is 7.03. The molecule has 1 saturated heterocycles. The zero-order chi connectivity index (χ0) is 11.9. The minimum Gasteiger partial charge on any atom is -0.370 e. The summed E-state index contributed by atoms with van der Waals surface area (Å²) < 4.78 is 0. The van der Waals surface area contributed by atoms with Crippen LogP contribution in [-0.2, 0) is 0 Å². The molecule has 3 fully saturated rings. The van der Waals surface area contributed by atoms with Gasteiger partial charge in [-0.15, -0.1) is 24.0 Å². The van der Waals surface area contributed by atoms with Crippen LogP contribution >= 0.6 is 24.0 Å². The van der Waals surface area contributed by atoms with Gasteiger partial charge in [0.05, 0.1) is 6.54 Å². The molecule has 3 N–H and O–H groups in total. The molecular formula is C13H25IN4. The van der Waals surface area contributed by atoms with Crippen LogP contribution in [0.3, 0.4) is 0 Å². The van der Waals surface area contributed by atoms with Crippen LogP contribution in [0, 0.1) is 5.41 Å². The summed E-state index contributed by atoms with van der Waals surface area (Å²) in [6.45, 7) is 5.46. The van der Waals surface area contributed by atoms with Gasteiger partial charge >= 0.3 is 0 Å². The number of hydrogen-bond acceptors (Lipinski definition) is 2. The van der Waals surface area contributed by atoms with Crippen LogP contribution in [-0.4, -0.2) is 42.6 Å². The number of halogens is 1. The number of nitrogens with two attached hydrogens (primary N) is 1. The fourth-order valence-corrected chi connectivity index (χ4v) is 3.21. The molecule has 2 unspecified atom stereocenters. The van der Waals surface area contributed by atoms with E-state index in [4.69, 9.17) is 5.73 Å². The normalized spacial score (nSPS) is 33.3. The number of likely N-dealkylation sites (tertiary alicyclic amines) is 1. The Morgan fingerprint density at radius 2 is 2.28 bits per heavy atom. The molecule has 4 nitrogen and oxygen atoms in total. The Balaban J connectivity index is 0.00000120. The Hall–Kier alpha value is -0.0400. The van der Waals surface area contributed by atoms with Crippen LogP contribution in [0.25, 0.3) is 0 Å². The molecule has 0 bridgehead atoms. The smallest absolute Gasteiger partial charge is 0.188 e. The van der Waals surface area contributed by atoms with E-state index in [0.29, 0.717) is 23.5 Å². The van der Waals surface area contributed by atoms with Crippen LogP contribution in [0.5, 0.6) is 0 Å². The van der Waals surface area contributed by atoms with Gasteiger partial charge in [0.25, 0.3) is 0 Å². The maximum atomic E-state index is 5.95. The highest BCUT2D eigenvalue weighted by Crippen LogP contribution is 2.65. The lowest BCUT2D eigenvalue weighted by Gasteiger charge is -2.20. The van der Waals surface area contributed by atoms with Gasteiger partial charge in [0.1, 0.15) is 0 Å². The van der Waals surface area contributed by atoms with Crippen LogP contribution < -0.4 is 11.1 Å². The van der Waals surface area contributed by atoms with Gasteiger partial charge in [-0.3, -0.25) is 9.89 Å². The first-order valence-electron chi connectivity index (χ1n) is 7.04. The van der Waals surface area contributed by atoms with E-state index in [1.165, 1.54) is 38.6 Å². The van der Waals surface area contributed by atoms with Gasteiger partial charge in [0, 0.05) is 12.1 Å². The number of rotatable bonds is 4. The van der Waals surface area contributed by atoms with E-state index in [2.05, 4.69) is 22.1 Å². The van der Waals surface area contributed by atoms with Gasteiger partial charge in [-0.05, 0) is 50.6 Å². The molecule has 3 aliphatic rings. The van der Waals surface area contributed by atoms with Gasteiger partial charge in [-0.25, -0.2) is 0 Å². The van der Waals surface area contributed by atoms with E-state index in [-0.39, 0.29) is 24.0 Å². The molecule has 0 aromatic carbocycles. The SMILES string of the molecule is CCN1CCCC1CN=C(N)NC1CC12CC2.I. The summed E-state index contributed by atoms with van der Waals surface area (Å²) in [7, 11) is 0. The van der Waals surface area contributed by atoms with Crippen molar-refractivity contribution in [2.75, 3.05) is 19.6 Å². The van der Waals surface area contributed by atoms with E-state index in [0.717, 1.165) is 13.1 Å². The first kappa shape index (κ1) is 14.4. The zero-order valence-corrected chi connectivity index (χ0v) is 13.5. The highest BCUT2D eigenvalue weighted by atomic mass is 127. The topological polar surface area (TPSA) is 53.6 Å². The lowest BCUT2D eigenvalue weighted by atomic mass is 10.2. The molecule has 3 rings (SSSR count). The van der Waals surface area contributed by atoms with E-state index in [9.17, 15) is 0 Å². The molecule has 1 spiro atoms. The first-order valence-corrected chi connectivity index (χ1v) is 7.04. The zero-order valence-electron chi connectivity index (χ0n) is 11.2. The summed E-state index contributed by atoms with van der Waals surface area (Å²) in [5.74, 6) is 0.668. The Bertz CT molecular complexity index is 327. The number of nitrogens with zero attached hydrogens (tertiary/aromatic N) is 2. The van der Waals surface area contributed by atoms with E-state index >= 15 is 0 Å². The number of aliphatic imine (C=N–C) groups is 1. The Morgan fingerprint density at radius 1 is 1.50 bits per heavy atom. The summed E-state index contributed by atoms with van der Waals surface area (Å²) in [6.07, 6.45) is 6.69. The van der Waals surface area contributed by atoms with Crippen LogP contribution in [0.1, 0.15) is 39.0 Å². The maximum Gasteiger partial charge on any atom is 0.188 e. The predicted molar refractivity (Wildman–Crippen MR) is 85.4 cm³/mol. The molecule has 1 heterocycles. The van der Waals surface area contributed by atoms with E-state index in [1.54, 1.807) is 0 Å². The van der Waals surface area contributed by atoms with Crippen molar-refractivity contribution in [3.63, 3.8) is 0 Å². The van der Waals surface area contributed by atoms with Gasteiger partial charge in [-0.1, -0.05) is 6.92 Å². The number of nitrogens with one attached hydrogen (secondary N) is 1. The van der Waals surface area contributed by atoms with Crippen molar-refractivity contribution in [2.24, 2.45) is 16.1 Å². The molecule has 0 radical (unpaired) electrons. The molecule has 2 saturated carbocycles. The van der Waals surface area contributed by atoms with Crippen molar-refractivity contribution in [1.29, 1.82) is 0 Å². The average Bonchev–Trinajstić information content (AvgIpc) is 3.18. The number of guanidine groups is 1. The van der Waals surface area contributed by atoms with Crippen LogP contribution in [0.4, 0.5) is 0 Å². The average molecular weight is 364 g/mol. The fraction of sp³-hybridized carbons (Fsp3) is 0.923. The lowest BCUT2D eigenvalue weighted by molar-refractivity contribution is 0.273. The predicted octanol–water partition coefficient (Wildman–Crippen LogP) is 1.55. The molecule has 0 amide bonds. The van der Waals surface area contributed by atoms with Crippen molar-refractivity contribution >= 4 is 29.9 Å². The second-order valence-corrected chi connectivity index (χ2v) is 5.91. The molecule has 18 heavy (non-hydrogen) atoms. The summed E-state index contributed by atoms with van der Waals surface area (Å²) in [5, 5.41) is 3.37. The lowest BCUT2D eigenvalue weighted by Crippen LogP contribution is -2.37. The highest BCUT2D eigenvalue weighted by Gasteiger charge is 2.63. The summed E-state index contributed by atoms with van der Waals surface area (Å²) >= 11 is 0. The monoisotopic (exact) mass is 364 g/mol. The maximum absolute atomic E-state index is 5.95. The number of hydrogen-bond donors (Lipinski definition) is 2. The van der Waals surface area contributed by atoms with Crippen molar-refractivity contribution in [3.05, 3.63) is 0 Å². The molecule has 2 aliphatic carbocycles. The van der Waals surface area contributed by atoms with Gasteiger partial charge < -0.3 is 11.1 Å². The molecule has 0 aromatic rings. The minimum atomic E-state index is 0. The van der Waals surface area contributed by atoms with Gasteiger partial charge in [-0.2, -0.15) is 0 Å². The van der Waals surface area contributed by atoms with Crippen LogP contribution in [0.15, 0.2) is 4.99 Å². The third-order valence-electron chi connectivity index (χ3n) is 4.78. The van der Waals surface area contributed by atoms with Gasteiger partial charge in [0.2, 0.25) is 0 Å². The Labute approximate surface area is 127 Å². The largest absolute Gasteiger partial charge is 0.370 e. The van der Waals surface area contributed by atoms with E-state index in [1.807, 2.05) is 0 Å². The first-order chi connectivity index (χ1) is 8.23. The third kappa shape index (κ3) is 2.92. The van der Waals surface area contributed by atoms with Crippen molar-refractivity contribution in [1.82, 2.24) is 10.2 Å².